The molecule has 1 aromatic heterocycles. The zero-order chi connectivity index (χ0) is 22.4. The SMILES string of the molecule is CC[C@@H](Oc1ccc(=O)n(-c2ccc(F)cc2)n1)C(=O)NCc1ccc(N(C)C)cc1. The Bertz CT molecular complexity index is 1080. The molecule has 0 aliphatic rings. The predicted molar refractivity (Wildman–Crippen MR) is 117 cm³/mol. The van der Waals surface area contributed by atoms with Crippen molar-refractivity contribution in [3.63, 3.8) is 0 Å². The van der Waals surface area contributed by atoms with Crippen LogP contribution in [0.4, 0.5) is 10.1 Å². The zero-order valence-electron chi connectivity index (χ0n) is 17.7. The number of hydrogen-bond acceptors (Lipinski definition) is 5. The lowest BCUT2D eigenvalue weighted by molar-refractivity contribution is -0.128. The molecule has 3 aromatic rings. The van der Waals surface area contributed by atoms with Crippen molar-refractivity contribution in [3.05, 3.63) is 82.4 Å². The van der Waals surface area contributed by atoms with Gasteiger partial charge in [-0.1, -0.05) is 19.1 Å². The van der Waals surface area contributed by atoms with Crippen molar-refractivity contribution < 1.29 is 13.9 Å². The normalized spacial score (nSPS) is 11.6. The number of benzene rings is 2. The monoisotopic (exact) mass is 424 g/mol. The molecule has 0 radical (unpaired) electrons. The van der Waals surface area contributed by atoms with E-state index in [0.29, 0.717) is 18.7 Å². The number of nitrogens with one attached hydrogen (secondary N) is 1. The minimum absolute atomic E-state index is 0.126. The number of aromatic nitrogens is 2. The molecular weight excluding hydrogens is 399 g/mol. The van der Waals surface area contributed by atoms with E-state index in [1.54, 1.807) is 0 Å². The van der Waals surface area contributed by atoms with Gasteiger partial charge in [0, 0.05) is 38.5 Å². The van der Waals surface area contributed by atoms with E-state index >= 15 is 0 Å². The Morgan fingerprint density at radius 3 is 2.39 bits per heavy atom. The summed E-state index contributed by atoms with van der Waals surface area (Å²) in [7, 11) is 3.93. The molecule has 0 saturated heterocycles. The summed E-state index contributed by atoms with van der Waals surface area (Å²) in [5.41, 5.74) is 2.05. The summed E-state index contributed by atoms with van der Waals surface area (Å²) in [6.07, 6.45) is -0.351. The van der Waals surface area contributed by atoms with E-state index in [2.05, 4.69) is 10.4 Å². The highest BCUT2D eigenvalue weighted by atomic mass is 19.1. The molecule has 7 nitrogen and oxygen atoms in total. The first-order valence-corrected chi connectivity index (χ1v) is 9.94. The van der Waals surface area contributed by atoms with Crippen molar-refractivity contribution in [2.45, 2.75) is 26.0 Å². The number of carbonyl (C=O) groups is 1. The van der Waals surface area contributed by atoms with E-state index in [1.807, 2.05) is 50.2 Å². The van der Waals surface area contributed by atoms with Crippen molar-refractivity contribution in [2.75, 3.05) is 19.0 Å². The minimum atomic E-state index is -0.771. The highest BCUT2D eigenvalue weighted by Gasteiger charge is 2.19. The molecule has 162 valence electrons. The van der Waals surface area contributed by atoms with Crippen LogP contribution in [-0.4, -0.2) is 35.9 Å². The van der Waals surface area contributed by atoms with Crippen LogP contribution in [-0.2, 0) is 11.3 Å². The van der Waals surface area contributed by atoms with Crippen molar-refractivity contribution in [2.24, 2.45) is 0 Å². The molecule has 0 saturated carbocycles. The third kappa shape index (κ3) is 5.69. The van der Waals surface area contributed by atoms with Gasteiger partial charge in [0.25, 0.3) is 11.5 Å². The smallest absolute Gasteiger partial charge is 0.271 e. The molecule has 1 heterocycles. The maximum absolute atomic E-state index is 13.2. The van der Waals surface area contributed by atoms with Crippen LogP contribution in [0.1, 0.15) is 18.9 Å². The Kier molecular flexibility index (Phi) is 7.02. The molecule has 0 aliphatic carbocycles. The van der Waals surface area contributed by atoms with Gasteiger partial charge in [-0.15, -0.1) is 5.10 Å². The lowest BCUT2D eigenvalue weighted by Crippen LogP contribution is -2.38. The van der Waals surface area contributed by atoms with E-state index in [-0.39, 0.29) is 11.8 Å². The number of rotatable bonds is 8. The Balaban J connectivity index is 1.67. The summed E-state index contributed by atoms with van der Waals surface area (Å²) in [6.45, 7) is 2.20. The summed E-state index contributed by atoms with van der Waals surface area (Å²) in [4.78, 5) is 26.7. The second-order valence-corrected chi connectivity index (χ2v) is 7.19. The van der Waals surface area contributed by atoms with Crippen LogP contribution in [0, 0.1) is 5.82 Å². The first-order chi connectivity index (χ1) is 14.9. The predicted octanol–water partition coefficient (Wildman–Crippen LogP) is 2.91. The van der Waals surface area contributed by atoms with Crippen LogP contribution in [0.2, 0.25) is 0 Å². The fraction of sp³-hybridized carbons (Fsp3) is 0.261. The second kappa shape index (κ2) is 9.88. The van der Waals surface area contributed by atoms with Gasteiger partial charge in [-0.25, -0.2) is 4.39 Å². The molecular formula is C23H25FN4O3. The maximum atomic E-state index is 13.2. The number of anilines is 1. The van der Waals surface area contributed by atoms with Gasteiger partial charge in [-0.2, -0.15) is 4.68 Å². The molecule has 0 spiro atoms. The van der Waals surface area contributed by atoms with Crippen molar-refractivity contribution >= 4 is 11.6 Å². The summed E-state index contributed by atoms with van der Waals surface area (Å²) < 4.78 is 20.0. The number of ether oxygens (including phenoxy) is 1. The Hall–Kier alpha value is -3.68. The molecule has 1 atom stereocenters. The zero-order valence-corrected chi connectivity index (χ0v) is 17.7. The van der Waals surface area contributed by atoms with Crippen LogP contribution in [0.5, 0.6) is 5.88 Å². The molecule has 31 heavy (non-hydrogen) atoms. The molecule has 0 unspecified atom stereocenters. The standard InChI is InChI=1S/C23H25FN4O3/c1-4-20(23(30)25-15-16-5-9-18(10-6-16)27(2)3)31-21-13-14-22(29)28(26-21)19-11-7-17(24)8-12-19/h5-14,20H,4,15H2,1-3H3,(H,25,30)/t20-/m1/s1. The minimum Gasteiger partial charge on any atom is -0.463 e. The van der Waals surface area contributed by atoms with Crippen LogP contribution < -0.4 is 20.5 Å². The van der Waals surface area contributed by atoms with Crippen LogP contribution in [0.3, 0.4) is 0 Å². The van der Waals surface area contributed by atoms with Gasteiger partial charge in [0.2, 0.25) is 5.88 Å². The third-order valence-corrected chi connectivity index (χ3v) is 4.69. The lowest BCUT2D eigenvalue weighted by Gasteiger charge is -2.17. The fourth-order valence-electron chi connectivity index (χ4n) is 2.91. The molecule has 0 bridgehead atoms. The van der Waals surface area contributed by atoms with Gasteiger partial charge in [0.15, 0.2) is 6.10 Å². The average molecular weight is 424 g/mol. The number of hydrogen-bond donors (Lipinski definition) is 1. The summed E-state index contributed by atoms with van der Waals surface area (Å²) in [5.74, 6) is -0.565. The third-order valence-electron chi connectivity index (χ3n) is 4.69. The molecule has 1 N–H and O–H groups in total. The first-order valence-electron chi connectivity index (χ1n) is 9.94. The highest BCUT2D eigenvalue weighted by molar-refractivity contribution is 5.81. The van der Waals surface area contributed by atoms with Gasteiger partial charge in [0.1, 0.15) is 5.82 Å². The van der Waals surface area contributed by atoms with Gasteiger partial charge >= 0.3 is 0 Å². The van der Waals surface area contributed by atoms with E-state index in [9.17, 15) is 14.0 Å². The molecule has 3 rings (SSSR count). The van der Waals surface area contributed by atoms with Crippen molar-refractivity contribution in [1.29, 1.82) is 0 Å². The maximum Gasteiger partial charge on any atom is 0.271 e. The van der Waals surface area contributed by atoms with Crippen LogP contribution in [0.25, 0.3) is 5.69 Å². The van der Waals surface area contributed by atoms with Crippen LogP contribution in [0.15, 0.2) is 65.5 Å². The Morgan fingerprint density at radius 1 is 1.10 bits per heavy atom. The molecule has 8 heteroatoms. The van der Waals surface area contributed by atoms with E-state index in [0.717, 1.165) is 15.9 Å². The number of carbonyl (C=O) groups excluding carboxylic acids is 1. The van der Waals surface area contributed by atoms with Crippen molar-refractivity contribution in [3.8, 4) is 11.6 Å². The van der Waals surface area contributed by atoms with Crippen molar-refractivity contribution in [1.82, 2.24) is 15.1 Å². The highest BCUT2D eigenvalue weighted by Crippen LogP contribution is 2.13. The fourth-order valence-corrected chi connectivity index (χ4v) is 2.91. The van der Waals surface area contributed by atoms with Gasteiger partial charge < -0.3 is 15.0 Å². The molecule has 2 aromatic carbocycles. The molecule has 0 fully saturated rings. The Labute approximate surface area is 180 Å². The topological polar surface area (TPSA) is 76.5 Å². The number of halogens is 1. The first kappa shape index (κ1) is 22.0. The second-order valence-electron chi connectivity index (χ2n) is 7.19. The number of nitrogens with zero attached hydrogens (tertiary/aromatic N) is 3. The molecule has 0 aliphatic heterocycles. The van der Waals surface area contributed by atoms with E-state index in [4.69, 9.17) is 4.74 Å². The number of amides is 1. The molecule has 1 amide bonds. The van der Waals surface area contributed by atoms with Crippen LogP contribution >= 0.6 is 0 Å². The van der Waals surface area contributed by atoms with Gasteiger partial charge in [-0.05, 0) is 48.4 Å². The summed E-state index contributed by atoms with van der Waals surface area (Å²) in [6, 6.07) is 16.0. The van der Waals surface area contributed by atoms with E-state index < -0.39 is 17.5 Å². The average Bonchev–Trinajstić information content (AvgIpc) is 2.77. The van der Waals surface area contributed by atoms with Gasteiger partial charge in [-0.3, -0.25) is 9.59 Å². The lowest BCUT2D eigenvalue weighted by atomic mass is 10.2. The Morgan fingerprint density at radius 2 is 1.77 bits per heavy atom. The van der Waals surface area contributed by atoms with Gasteiger partial charge in [0.05, 0.1) is 5.69 Å². The largest absolute Gasteiger partial charge is 0.463 e. The summed E-state index contributed by atoms with van der Waals surface area (Å²) in [5, 5.41) is 7.03. The summed E-state index contributed by atoms with van der Waals surface area (Å²) >= 11 is 0. The van der Waals surface area contributed by atoms with E-state index in [1.165, 1.54) is 36.4 Å². The quantitative estimate of drug-likeness (QED) is 0.602.